The van der Waals surface area contributed by atoms with E-state index in [1.807, 2.05) is 0 Å². The molecule has 1 aliphatic rings. The third kappa shape index (κ3) is 1.60. The zero-order valence-corrected chi connectivity index (χ0v) is 9.69. The van der Waals surface area contributed by atoms with E-state index in [1.165, 1.54) is 18.2 Å². The monoisotopic (exact) mass is 258 g/mol. The lowest BCUT2D eigenvalue weighted by Gasteiger charge is -2.09. The molecule has 2 nitrogen and oxygen atoms in total. The molecule has 0 saturated heterocycles. The minimum absolute atomic E-state index is 0.222. The Balaban J connectivity index is 2.20. The van der Waals surface area contributed by atoms with E-state index in [1.54, 1.807) is 12.1 Å². The quantitative estimate of drug-likeness (QED) is 0.736. The first-order valence-electron chi connectivity index (χ1n) is 5.72. The Bertz CT molecular complexity index is 652. The van der Waals surface area contributed by atoms with Crippen molar-refractivity contribution in [3.05, 3.63) is 70.8 Å². The average Bonchev–Trinajstić information content (AvgIpc) is 2.64. The molecule has 0 radical (unpaired) electrons. The highest BCUT2D eigenvalue weighted by atomic mass is 19.1. The van der Waals surface area contributed by atoms with Crippen LogP contribution in [0.3, 0.4) is 0 Å². The summed E-state index contributed by atoms with van der Waals surface area (Å²) in [6, 6.07) is 9.51. The Labute approximate surface area is 107 Å². The number of Topliss-reactive ketones (excluding diaryl/α,β-unsaturated/α-hetero) is 2. The summed E-state index contributed by atoms with van der Waals surface area (Å²) in [5.41, 5.74) is -0.0194. The first-order chi connectivity index (χ1) is 9.11. The number of halogens is 2. The van der Waals surface area contributed by atoms with E-state index < -0.39 is 34.7 Å². The number of rotatable bonds is 1. The molecule has 0 heterocycles. The van der Waals surface area contributed by atoms with Crippen LogP contribution in [0.5, 0.6) is 0 Å². The molecule has 0 saturated carbocycles. The topological polar surface area (TPSA) is 34.1 Å². The second-order valence-corrected chi connectivity index (χ2v) is 4.34. The molecule has 94 valence electrons. The van der Waals surface area contributed by atoms with Gasteiger partial charge in [0, 0.05) is 16.7 Å². The number of benzene rings is 2. The fraction of sp³-hybridized carbons (Fsp3) is 0.0667. The van der Waals surface area contributed by atoms with Gasteiger partial charge >= 0.3 is 0 Å². The van der Waals surface area contributed by atoms with Gasteiger partial charge in [-0.2, -0.15) is 0 Å². The summed E-state index contributed by atoms with van der Waals surface area (Å²) in [5.74, 6) is -4.26. The van der Waals surface area contributed by atoms with E-state index in [-0.39, 0.29) is 11.1 Å². The number of carbonyl (C=O) groups is 2. The third-order valence-electron chi connectivity index (χ3n) is 3.27. The van der Waals surface area contributed by atoms with E-state index in [2.05, 4.69) is 0 Å². The zero-order chi connectivity index (χ0) is 13.6. The standard InChI is InChI=1S/C15H8F2O2/c16-10-6-3-7-11(17)12(10)13-14(18)8-4-1-2-5-9(8)15(13)19/h1-7,13H. The van der Waals surface area contributed by atoms with Crippen molar-refractivity contribution in [3.63, 3.8) is 0 Å². The van der Waals surface area contributed by atoms with Gasteiger partial charge in [-0.1, -0.05) is 30.3 Å². The lowest BCUT2D eigenvalue weighted by molar-refractivity contribution is 0.0885. The van der Waals surface area contributed by atoms with Gasteiger partial charge in [0.05, 0.1) is 0 Å². The van der Waals surface area contributed by atoms with Crippen molar-refractivity contribution >= 4 is 11.6 Å². The van der Waals surface area contributed by atoms with Crippen molar-refractivity contribution in [1.82, 2.24) is 0 Å². The van der Waals surface area contributed by atoms with Crippen molar-refractivity contribution in [2.24, 2.45) is 0 Å². The molecule has 0 atom stereocenters. The van der Waals surface area contributed by atoms with E-state index in [4.69, 9.17) is 0 Å². The highest BCUT2D eigenvalue weighted by molar-refractivity contribution is 6.29. The maximum Gasteiger partial charge on any atom is 0.179 e. The van der Waals surface area contributed by atoms with Crippen LogP contribution >= 0.6 is 0 Å². The van der Waals surface area contributed by atoms with Crippen LogP contribution < -0.4 is 0 Å². The molecule has 0 unspecified atom stereocenters. The van der Waals surface area contributed by atoms with Crippen LogP contribution in [-0.2, 0) is 0 Å². The molecular weight excluding hydrogens is 250 g/mol. The van der Waals surface area contributed by atoms with Gasteiger partial charge < -0.3 is 0 Å². The minimum atomic E-state index is -1.40. The molecule has 3 rings (SSSR count). The smallest absolute Gasteiger partial charge is 0.179 e. The van der Waals surface area contributed by atoms with Crippen LogP contribution in [0.1, 0.15) is 32.2 Å². The number of ketones is 2. The van der Waals surface area contributed by atoms with Gasteiger partial charge in [-0.15, -0.1) is 0 Å². The minimum Gasteiger partial charge on any atom is -0.293 e. The summed E-state index contributed by atoms with van der Waals surface area (Å²) in [7, 11) is 0. The van der Waals surface area contributed by atoms with Crippen molar-refractivity contribution in [2.45, 2.75) is 5.92 Å². The van der Waals surface area contributed by atoms with Crippen LogP contribution in [0.4, 0.5) is 8.78 Å². The summed E-state index contributed by atoms with van der Waals surface area (Å²) >= 11 is 0. The maximum absolute atomic E-state index is 13.7. The van der Waals surface area contributed by atoms with Crippen molar-refractivity contribution in [3.8, 4) is 0 Å². The Hall–Kier alpha value is -2.36. The first-order valence-corrected chi connectivity index (χ1v) is 5.72. The van der Waals surface area contributed by atoms with E-state index in [0.717, 1.165) is 12.1 Å². The second kappa shape index (κ2) is 4.09. The van der Waals surface area contributed by atoms with Gasteiger partial charge in [0.2, 0.25) is 0 Å². The molecule has 0 N–H and O–H groups in total. The van der Waals surface area contributed by atoms with Crippen LogP contribution in [0.25, 0.3) is 0 Å². The molecule has 2 aromatic carbocycles. The van der Waals surface area contributed by atoms with Crippen molar-refractivity contribution in [2.75, 3.05) is 0 Å². The summed E-state index contributed by atoms with van der Waals surface area (Å²) in [6.45, 7) is 0. The zero-order valence-electron chi connectivity index (χ0n) is 9.69. The SMILES string of the molecule is O=C1c2ccccc2C(=O)C1c1c(F)cccc1F. The molecule has 0 amide bonds. The number of hydrogen-bond donors (Lipinski definition) is 0. The van der Waals surface area contributed by atoms with Crippen molar-refractivity contribution < 1.29 is 18.4 Å². The average molecular weight is 258 g/mol. The lowest BCUT2D eigenvalue weighted by atomic mass is 9.93. The normalized spacial score (nSPS) is 14.8. The van der Waals surface area contributed by atoms with Gasteiger partial charge in [0.25, 0.3) is 0 Å². The number of carbonyl (C=O) groups excluding carboxylic acids is 2. The number of hydrogen-bond acceptors (Lipinski definition) is 2. The molecule has 0 aromatic heterocycles. The summed E-state index contributed by atoms with van der Waals surface area (Å²) in [4.78, 5) is 24.3. The number of fused-ring (bicyclic) bond motifs is 1. The van der Waals surface area contributed by atoms with E-state index in [0.29, 0.717) is 0 Å². The predicted octanol–water partition coefficient (Wildman–Crippen LogP) is 3.13. The maximum atomic E-state index is 13.7. The molecule has 0 spiro atoms. The largest absolute Gasteiger partial charge is 0.293 e. The van der Waals surface area contributed by atoms with E-state index in [9.17, 15) is 18.4 Å². The molecule has 0 fully saturated rings. The Morgan fingerprint density at radius 2 is 1.21 bits per heavy atom. The van der Waals surface area contributed by atoms with Crippen LogP contribution in [0.2, 0.25) is 0 Å². The lowest BCUT2D eigenvalue weighted by Crippen LogP contribution is -2.16. The molecule has 1 aliphatic carbocycles. The summed E-state index contributed by atoms with van der Waals surface area (Å²) in [6.07, 6.45) is 0. The second-order valence-electron chi connectivity index (χ2n) is 4.34. The fourth-order valence-corrected chi connectivity index (χ4v) is 2.39. The molecule has 2 aromatic rings. The molecule has 4 heteroatoms. The van der Waals surface area contributed by atoms with Crippen molar-refractivity contribution in [1.29, 1.82) is 0 Å². The highest BCUT2D eigenvalue weighted by Crippen LogP contribution is 2.36. The first kappa shape index (κ1) is 11.7. The molecular formula is C15H8F2O2. The summed E-state index contributed by atoms with van der Waals surface area (Å²) in [5, 5.41) is 0. The molecule has 0 bridgehead atoms. The van der Waals surface area contributed by atoms with Gasteiger partial charge in [0.15, 0.2) is 11.6 Å². The Morgan fingerprint density at radius 1 is 0.737 bits per heavy atom. The van der Waals surface area contributed by atoms with Crippen LogP contribution in [0.15, 0.2) is 42.5 Å². The van der Waals surface area contributed by atoms with Gasteiger partial charge in [-0.05, 0) is 12.1 Å². The van der Waals surface area contributed by atoms with E-state index >= 15 is 0 Å². The van der Waals surface area contributed by atoms with Crippen LogP contribution in [0, 0.1) is 11.6 Å². The summed E-state index contributed by atoms with van der Waals surface area (Å²) < 4.78 is 27.5. The molecule has 19 heavy (non-hydrogen) atoms. The van der Waals surface area contributed by atoms with Gasteiger partial charge in [-0.25, -0.2) is 8.78 Å². The van der Waals surface area contributed by atoms with Gasteiger partial charge in [0.1, 0.15) is 17.6 Å². The third-order valence-corrected chi connectivity index (χ3v) is 3.27. The fourth-order valence-electron chi connectivity index (χ4n) is 2.39. The van der Waals surface area contributed by atoms with Crippen LogP contribution in [-0.4, -0.2) is 11.6 Å². The Morgan fingerprint density at radius 3 is 1.68 bits per heavy atom. The molecule has 0 aliphatic heterocycles. The van der Waals surface area contributed by atoms with Gasteiger partial charge in [-0.3, -0.25) is 9.59 Å². The Kier molecular flexibility index (Phi) is 2.52. The highest BCUT2D eigenvalue weighted by Gasteiger charge is 2.41. The predicted molar refractivity (Wildman–Crippen MR) is 64.2 cm³/mol.